The lowest BCUT2D eigenvalue weighted by molar-refractivity contribution is -0.118. The number of ether oxygens (including phenoxy) is 1. The Kier molecular flexibility index (Phi) is 6.41. The van der Waals surface area contributed by atoms with Crippen molar-refractivity contribution in [3.63, 3.8) is 0 Å². The highest BCUT2D eigenvalue weighted by atomic mass is 32.2. The Morgan fingerprint density at radius 2 is 2.36 bits per heavy atom. The first-order valence-corrected chi connectivity index (χ1v) is 8.91. The fraction of sp³-hybridized carbons (Fsp3) is 0.500. The van der Waals surface area contributed by atoms with Gasteiger partial charge in [0.1, 0.15) is 4.83 Å². The van der Waals surface area contributed by atoms with Crippen LogP contribution in [0.3, 0.4) is 0 Å². The molecule has 0 bridgehead atoms. The zero-order valence-electron chi connectivity index (χ0n) is 12.6. The van der Waals surface area contributed by atoms with E-state index < -0.39 is 0 Å². The predicted molar refractivity (Wildman–Crippen MR) is 89.7 cm³/mol. The predicted octanol–water partition coefficient (Wildman–Crippen LogP) is 1.63. The lowest BCUT2D eigenvalue weighted by atomic mass is 10.4. The molecule has 0 aromatic carbocycles. The topological polar surface area (TPSA) is 73.2 Å². The van der Waals surface area contributed by atoms with E-state index in [1.807, 2.05) is 12.3 Å². The zero-order valence-corrected chi connectivity index (χ0v) is 14.3. The van der Waals surface area contributed by atoms with Crippen molar-refractivity contribution < 1.29 is 9.53 Å². The van der Waals surface area contributed by atoms with Crippen molar-refractivity contribution in [3.8, 4) is 0 Å². The van der Waals surface area contributed by atoms with E-state index in [2.05, 4.69) is 10.3 Å². The second-order valence-electron chi connectivity index (χ2n) is 4.59. The van der Waals surface area contributed by atoms with Crippen LogP contribution in [-0.2, 0) is 16.6 Å². The number of carbonyl (C=O) groups excluding carboxylic acids is 1. The number of fused-ring (bicyclic) bond motifs is 1. The Hall–Kier alpha value is -1.38. The fourth-order valence-corrected chi connectivity index (χ4v) is 3.44. The molecule has 1 amide bonds. The van der Waals surface area contributed by atoms with Gasteiger partial charge in [-0.05, 0) is 24.8 Å². The number of nitrogens with zero attached hydrogens (tertiary/aromatic N) is 2. The Labute approximate surface area is 136 Å². The summed E-state index contributed by atoms with van der Waals surface area (Å²) in [5.41, 5.74) is -0.0779. The van der Waals surface area contributed by atoms with Crippen molar-refractivity contribution in [1.82, 2.24) is 14.9 Å². The molecule has 8 heteroatoms. The van der Waals surface area contributed by atoms with Crippen LogP contribution in [0.5, 0.6) is 0 Å². The van der Waals surface area contributed by atoms with Gasteiger partial charge >= 0.3 is 0 Å². The second kappa shape index (κ2) is 8.30. The summed E-state index contributed by atoms with van der Waals surface area (Å²) in [6.07, 6.45) is 0.794. The van der Waals surface area contributed by atoms with Gasteiger partial charge in [-0.3, -0.25) is 14.2 Å². The smallest absolute Gasteiger partial charge is 0.262 e. The number of amides is 1. The summed E-state index contributed by atoms with van der Waals surface area (Å²) in [5, 5.41) is 5.85. The van der Waals surface area contributed by atoms with Crippen LogP contribution in [0.2, 0.25) is 0 Å². The molecule has 0 unspecified atom stereocenters. The van der Waals surface area contributed by atoms with E-state index in [-0.39, 0.29) is 17.2 Å². The van der Waals surface area contributed by atoms with Crippen LogP contribution in [-0.4, -0.2) is 41.0 Å². The average Bonchev–Trinajstić information content (AvgIpc) is 2.97. The Balaban J connectivity index is 1.87. The van der Waals surface area contributed by atoms with Gasteiger partial charge in [0.15, 0.2) is 5.16 Å². The van der Waals surface area contributed by atoms with Gasteiger partial charge in [-0.2, -0.15) is 0 Å². The summed E-state index contributed by atoms with van der Waals surface area (Å²) in [7, 11) is 1.68. The summed E-state index contributed by atoms with van der Waals surface area (Å²) < 4.78 is 6.69. The van der Waals surface area contributed by atoms with Crippen LogP contribution in [0.1, 0.15) is 13.3 Å². The molecule has 0 saturated heterocycles. The first-order chi connectivity index (χ1) is 10.6. The van der Waals surface area contributed by atoms with Gasteiger partial charge in [-0.1, -0.05) is 11.8 Å². The third-order valence-electron chi connectivity index (χ3n) is 2.99. The van der Waals surface area contributed by atoms with Crippen molar-refractivity contribution in [2.75, 3.05) is 25.5 Å². The molecule has 0 aliphatic carbocycles. The lowest BCUT2D eigenvalue weighted by Gasteiger charge is -2.07. The van der Waals surface area contributed by atoms with E-state index in [1.165, 1.54) is 27.7 Å². The largest absolute Gasteiger partial charge is 0.382 e. The molecule has 0 spiro atoms. The van der Waals surface area contributed by atoms with Crippen LogP contribution < -0.4 is 10.9 Å². The number of thiophene rings is 1. The number of hydrogen-bond donors (Lipinski definition) is 1. The van der Waals surface area contributed by atoms with Crippen molar-refractivity contribution in [3.05, 3.63) is 21.8 Å². The molecule has 0 radical (unpaired) electrons. The van der Waals surface area contributed by atoms with Gasteiger partial charge in [0, 0.05) is 26.8 Å². The zero-order chi connectivity index (χ0) is 15.9. The van der Waals surface area contributed by atoms with Gasteiger partial charge in [0.2, 0.25) is 5.91 Å². The van der Waals surface area contributed by atoms with E-state index in [1.54, 1.807) is 13.1 Å². The summed E-state index contributed by atoms with van der Waals surface area (Å²) in [6, 6.07) is 1.77. The fourth-order valence-electron chi connectivity index (χ4n) is 1.84. The highest BCUT2D eigenvalue weighted by Crippen LogP contribution is 2.20. The number of carbonyl (C=O) groups is 1. The van der Waals surface area contributed by atoms with Crippen LogP contribution in [0, 0.1) is 0 Å². The molecule has 1 N–H and O–H groups in total. The Bertz CT molecular complexity index is 696. The molecule has 120 valence electrons. The van der Waals surface area contributed by atoms with E-state index >= 15 is 0 Å². The van der Waals surface area contributed by atoms with Crippen molar-refractivity contribution in [2.24, 2.45) is 7.05 Å². The number of aromatic nitrogens is 2. The first-order valence-electron chi connectivity index (χ1n) is 7.05. The molecule has 0 saturated carbocycles. The second-order valence-corrected chi connectivity index (χ2v) is 6.42. The minimum Gasteiger partial charge on any atom is -0.382 e. The minimum absolute atomic E-state index is 0.0676. The van der Waals surface area contributed by atoms with Gasteiger partial charge in [-0.15, -0.1) is 11.3 Å². The monoisotopic (exact) mass is 341 g/mol. The lowest BCUT2D eigenvalue weighted by Crippen LogP contribution is -2.27. The van der Waals surface area contributed by atoms with Crippen LogP contribution in [0.4, 0.5) is 0 Å². The maximum atomic E-state index is 12.1. The molecule has 0 atom stereocenters. The molecule has 0 aliphatic heterocycles. The maximum Gasteiger partial charge on any atom is 0.262 e. The summed E-state index contributed by atoms with van der Waals surface area (Å²) in [5.74, 6) is 0.174. The van der Waals surface area contributed by atoms with Crippen molar-refractivity contribution in [2.45, 2.75) is 18.5 Å². The minimum atomic E-state index is -0.0779. The Morgan fingerprint density at radius 1 is 1.55 bits per heavy atom. The third kappa shape index (κ3) is 4.31. The molecular weight excluding hydrogens is 322 g/mol. The third-order valence-corrected chi connectivity index (χ3v) is 4.82. The highest BCUT2D eigenvalue weighted by Gasteiger charge is 2.11. The molecule has 2 aromatic rings. The van der Waals surface area contributed by atoms with Gasteiger partial charge < -0.3 is 10.1 Å². The molecule has 2 rings (SSSR count). The first kappa shape index (κ1) is 17.0. The highest BCUT2D eigenvalue weighted by molar-refractivity contribution is 7.99. The Morgan fingerprint density at radius 3 is 3.14 bits per heavy atom. The molecular formula is C14H19N3O3S2. The average molecular weight is 341 g/mol. The SMILES string of the molecule is CCOCCCNC(=O)CSc1nc2sccc2c(=O)n1C. The van der Waals surface area contributed by atoms with Crippen molar-refractivity contribution >= 4 is 39.2 Å². The van der Waals surface area contributed by atoms with Gasteiger partial charge in [-0.25, -0.2) is 4.98 Å². The molecule has 0 fully saturated rings. The van der Waals surface area contributed by atoms with E-state index in [4.69, 9.17) is 4.74 Å². The number of hydrogen-bond acceptors (Lipinski definition) is 6. The van der Waals surface area contributed by atoms with Crippen molar-refractivity contribution in [1.29, 1.82) is 0 Å². The normalized spacial score (nSPS) is 11.0. The molecule has 2 aromatic heterocycles. The van der Waals surface area contributed by atoms with E-state index in [9.17, 15) is 9.59 Å². The summed E-state index contributed by atoms with van der Waals surface area (Å²) in [6.45, 7) is 3.87. The van der Waals surface area contributed by atoms with Crippen LogP contribution >= 0.6 is 23.1 Å². The molecule has 2 heterocycles. The molecule has 6 nitrogen and oxygen atoms in total. The van der Waals surface area contributed by atoms with E-state index in [0.717, 1.165) is 6.42 Å². The van der Waals surface area contributed by atoms with Gasteiger partial charge in [0.25, 0.3) is 5.56 Å². The standard InChI is InChI=1S/C14H19N3O3S2/c1-3-20-7-4-6-15-11(18)9-22-14-16-12-10(5-8-21-12)13(19)17(14)2/h5,8H,3-4,6-7,9H2,1-2H3,(H,15,18). The summed E-state index contributed by atoms with van der Waals surface area (Å²) in [4.78, 5) is 29.0. The number of nitrogens with one attached hydrogen (secondary N) is 1. The maximum absolute atomic E-state index is 12.1. The van der Waals surface area contributed by atoms with E-state index in [0.29, 0.717) is 35.1 Å². The van der Waals surface area contributed by atoms with Crippen LogP contribution in [0.25, 0.3) is 10.2 Å². The number of thioether (sulfide) groups is 1. The molecule has 0 aliphatic rings. The summed E-state index contributed by atoms with van der Waals surface area (Å²) >= 11 is 2.70. The quantitative estimate of drug-likeness (QED) is 0.449. The van der Waals surface area contributed by atoms with Gasteiger partial charge in [0.05, 0.1) is 11.1 Å². The molecule has 22 heavy (non-hydrogen) atoms. The number of rotatable bonds is 8. The van der Waals surface area contributed by atoms with Crippen LogP contribution in [0.15, 0.2) is 21.4 Å².